The molecule has 0 saturated heterocycles. The highest BCUT2D eigenvalue weighted by Gasteiger charge is 2.11. The zero-order chi connectivity index (χ0) is 6.78. The second-order valence-corrected chi connectivity index (χ2v) is 3.43. The third-order valence-corrected chi connectivity index (χ3v) is 1.43. The average molecular weight is 136 g/mol. The van der Waals surface area contributed by atoms with Gasteiger partial charge in [0.25, 0.3) is 0 Å². The minimum absolute atomic E-state index is 0.201. The van der Waals surface area contributed by atoms with E-state index in [0.29, 0.717) is 5.57 Å². The molecular formula is C4H9O3P. The monoisotopic (exact) mass is 136 g/mol. The molecule has 0 amide bonds. The summed E-state index contributed by atoms with van der Waals surface area (Å²) in [6, 6.07) is 0. The molecule has 0 rings (SSSR count). The molecule has 0 radical (unpaired) electrons. The van der Waals surface area contributed by atoms with E-state index in [0.717, 1.165) is 0 Å². The summed E-state index contributed by atoms with van der Waals surface area (Å²) in [4.78, 5) is 16.5. The maximum absolute atomic E-state index is 10.1. The highest BCUT2D eigenvalue weighted by atomic mass is 31.2. The quantitative estimate of drug-likeness (QED) is 0.434. The minimum Gasteiger partial charge on any atom is -0.324 e. The molecule has 0 aromatic carbocycles. The molecule has 0 heterocycles. The topological polar surface area (TPSA) is 57.5 Å². The Morgan fingerprint density at radius 3 is 2.12 bits per heavy atom. The third kappa shape index (κ3) is 5.89. The van der Waals surface area contributed by atoms with Gasteiger partial charge in [-0.15, -0.1) is 0 Å². The molecule has 0 fully saturated rings. The smallest absolute Gasteiger partial charge is 0.324 e. The molecular weight excluding hydrogens is 127 g/mol. The zero-order valence-corrected chi connectivity index (χ0v) is 5.56. The van der Waals surface area contributed by atoms with Crippen LogP contribution in [0.5, 0.6) is 0 Å². The molecule has 8 heavy (non-hydrogen) atoms. The van der Waals surface area contributed by atoms with Crippen LogP contribution in [0.2, 0.25) is 0 Å². The van der Waals surface area contributed by atoms with Crippen LogP contribution in [-0.2, 0) is 4.57 Å². The maximum atomic E-state index is 10.1. The van der Waals surface area contributed by atoms with Crippen molar-refractivity contribution in [3.8, 4) is 0 Å². The van der Waals surface area contributed by atoms with Crippen molar-refractivity contribution in [1.29, 1.82) is 0 Å². The molecule has 0 aromatic rings. The van der Waals surface area contributed by atoms with Gasteiger partial charge in [0, 0.05) is 0 Å². The van der Waals surface area contributed by atoms with Gasteiger partial charge in [-0.05, 0) is 6.92 Å². The van der Waals surface area contributed by atoms with Gasteiger partial charge in [0.05, 0.1) is 6.16 Å². The molecule has 0 aliphatic heterocycles. The Bertz CT molecular complexity index is 134. The minimum atomic E-state index is -3.82. The third-order valence-electron chi connectivity index (χ3n) is 0.476. The zero-order valence-electron chi connectivity index (χ0n) is 4.66. The summed E-state index contributed by atoms with van der Waals surface area (Å²) in [6.45, 7) is 4.93. The van der Waals surface area contributed by atoms with Crippen LogP contribution in [0, 0.1) is 0 Å². The summed E-state index contributed by atoms with van der Waals surface area (Å²) in [6.07, 6.45) is -0.201. The predicted octanol–water partition coefficient (Wildman–Crippen LogP) is 0.740. The van der Waals surface area contributed by atoms with E-state index in [9.17, 15) is 4.57 Å². The molecule has 0 spiro atoms. The average Bonchev–Trinajstić information content (AvgIpc) is 1.21. The van der Waals surface area contributed by atoms with E-state index >= 15 is 0 Å². The van der Waals surface area contributed by atoms with E-state index in [-0.39, 0.29) is 6.16 Å². The molecule has 0 aliphatic carbocycles. The summed E-state index contributed by atoms with van der Waals surface area (Å²) in [7, 11) is -3.82. The van der Waals surface area contributed by atoms with Crippen LogP contribution in [0.25, 0.3) is 0 Å². The highest BCUT2D eigenvalue weighted by Crippen LogP contribution is 2.35. The molecule has 4 heteroatoms. The molecule has 0 atom stereocenters. The molecule has 0 unspecified atom stereocenters. The lowest BCUT2D eigenvalue weighted by atomic mass is 10.4. The normalized spacial score (nSPS) is 11.4. The van der Waals surface area contributed by atoms with Crippen LogP contribution >= 0.6 is 7.60 Å². The summed E-state index contributed by atoms with van der Waals surface area (Å²) in [5.41, 5.74) is 0.512. The Morgan fingerprint density at radius 1 is 1.75 bits per heavy atom. The predicted molar refractivity (Wildman–Crippen MR) is 31.7 cm³/mol. The molecule has 0 saturated carbocycles. The number of rotatable bonds is 2. The lowest BCUT2D eigenvalue weighted by Gasteiger charge is -1.99. The SMILES string of the molecule is C=C(C)CP(=O)(O)O. The first kappa shape index (κ1) is 7.89. The van der Waals surface area contributed by atoms with Gasteiger partial charge in [0.2, 0.25) is 0 Å². The van der Waals surface area contributed by atoms with Crippen LogP contribution in [0.15, 0.2) is 12.2 Å². The standard InChI is InChI=1S/C4H9O3P/c1-4(2)3-8(5,6)7/h1,3H2,2H3,(H2,5,6,7). The Hall–Kier alpha value is -0.110. The first-order valence-corrected chi connectivity index (χ1v) is 3.90. The van der Waals surface area contributed by atoms with Crippen molar-refractivity contribution in [3.05, 3.63) is 12.2 Å². The van der Waals surface area contributed by atoms with Crippen LogP contribution in [0.1, 0.15) is 6.92 Å². The van der Waals surface area contributed by atoms with Crippen molar-refractivity contribution < 1.29 is 14.4 Å². The number of hydrogen-bond acceptors (Lipinski definition) is 1. The van der Waals surface area contributed by atoms with E-state index in [1.807, 2.05) is 0 Å². The van der Waals surface area contributed by atoms with Crippen molar-refractivity contribution in [2.24, 2.45) is 0 Å². The summed E-state index contributed by atoms with van der Waals surface area (Å²) in [5, 5.41) is 0. The Labute approximate surface area is 48.2 Å². The lowest BCUT2D eigenvalue weighted by molar-refractivity contribution is 0.376. The molecule has 0 bridgehead atoms. The van der Waals surface area contributed by atoms with Crippen molar-refractivity contribution in [3.63, 3.8) is 0 Å². The van der Waals surface area contributed by atoms with Gasteiger partial charge in [-0.3, -0.25) is 4.57 Å². The van der Waals surface area contributed by atoms with Crippen molar-refractivity contribution in [2.45, 2.75) is 6.92 Å². The number of hydrogen-bond donors (Lipinski definition) is 2. The van der Waals surface area contributed by atoms with Gasteiger partial charge in [0.15, 0.2) is 0 Å². The van der Waals surface area contributed by atoms with Gasteiger partial charge >= 0.3 is 7.60 Å². The largest absolute Gasteiger partial charge is 0.329 e. The summed E-state index contributed by atoms with van der Waals surface area (Å²) < 4.78 is 10.1. The fourth-order valence-electron chi connectivity index (χ4n) is 0.352. The van der Waals surface area contributed by atoms with E-state index in [1.165, 1.54) is 0 Å². The van der Waals surface area contributed by atoms with Crippen LogP contribution in [-0.4, -0.2) is 15.9 Å². The van der Waals surface area contributed by atoms with E-state index in [4.69, 9.17) is 9.79 Å². The highest BCUT2D eigenvalue weighted by molar-refractivity contribution is 7.52. The van der Waals surface area contributed by atoms with Crippen LogP contribution in [0.4, 0.5) is 0 Å². The lowest BCUT2D eigenvalue weighted by Crippen LogP contribution is -1.86. The first-order valence-electron chi connectivity index (χ1n) is 2.11. The molecule has 0 aromatic heterocycles. The summed E-state index contributed by atoms with van der Waals surface area (Å²) in [5.74, 6) is 0. The van der Waals surface area contributed by atoms with Crippen molar-refractivity contribution >= 4 is 7.60 Å². The molecule has 2 N–H and O–H groups in total. The molecule has 0 aliphatic rings. The fraction of sp³-hybridized carbons (Fsp3) is 0.500. The Morgan fingerprint density at radius 2 is 2.12 bits per heavy atom. The Kier molecular flexibility index (Phi) is 2.41. The molecule has 3 nitrogen and oxygen atoms in total. The second kappa shape index (κ2) is 2.44. The van der Waals surface area contributed by atoms with Crippen LogP contribution in [0.3, 0.4) is 0 Å². The van der Waals surface area contributed by atoms with Crippen molar-refractivity contribution in [2.75, 3.05) is 6.16 Å². The van der Waals surface area contributed by atoms with Crippen LogP contribution < -0.4 is 0 Å². The summed E-state index contributed by atoms with van der Waals surface area (Å²) >= 11 is 0. The van der Waals surface area contributed by atoms with Gasteiger partial charge < -0.3 is 9.79 Å². The van der Waals surface area contributed by atoms with Gasteiger partial charge in [-0.2, -0.15) is 0 Å². The van der Waals surface area contributed by atoms with E-state index in [1.54, 1.807) is 6.92 Å². The fourth-order valence-corrected chi connectivity index (χ4v) is 1.05. The van der Waals surface area contributed by atoms with Gasteiger partial charge in [-0.1, -0.05) is 12.2 Å². The van der Waals surface area contributed by atoms with Gasteiger partial charge in [0.1, 0.15) is 0 Å². The van der Waals surface area contributed by atoms with Crippen molar-refractivity contribution in [1.82, 2.24) is 0 Å². The second-order valence-electron chi connectivity index (χ2n) is 1.78. The maximum Gasteiger partial charge on any atom is 0.329 e. The van der Waals surface area contributed by atoms with E-state index < -0.39 is 7.60 Å². The molecule has 48 valence electrons. The number of allylic oxidation sites excluding steroid dienone is 1. The Balaban J connectivity index is 3.74. The van der Waals surface area contributed by atoms with Gasteiger partial charge in [-0.25, -0.2) is 0 Å². The van der Waals surface area contributed by atoms with E-state index in [2.05, 4.69) is 6.58 Å². The first-order chi connectivity index (χ1) is 3.42.